The molecule has 0 spiro atoms. The Bertz CT molecular complexity index is 1110. The SMILES string of the molecule is O=C(O)c1c(F)c(F)c(F)c(F)c1F.c1cc[c]([Sn]([c]2ccccc2)[c]2ccccc2)cc1. The summed E-state index contributed by atoms with van der Waals surface area (Å²) in [5.74, 6) is -13.9. The number of carboxylic acid groups (broad SMARTS) is 1. The summed E-state index contributed by atoms with van der Waals surface area (Å²) in [7, 11) is 0. The summed E-state index contributed by atoms with van der Waals surface area (Å²) in [6.07, 6.45) is 0. The second-order valence-electron chi connectivity index (χ2n) is 6.72. The van der Waals surface area contributed by atoms with Crippen LogP contribution in [0.4, 0.5) is 22.0 Å². The van der Waals surface area contributed by atoms with Crippen LogP contribution in [0.1, 0.15) is 10.4 Å². The van der Waals surface area contributed by atoms with E-state index in [1.807, 2.05) is 0 Å². The fraction of sp³-hybridized carbons (Fsp3) is 0. The summed E-state index contributed by atoms with van der Waals surface area (Å²) >= 11 is -1.98. The second-order valence-corrected chi connectivity index (χ2v) is 13.8. The molecular weight excluding hydrogens is 546 g/mol. The van der Waals surface area contributed by atoms with Crippen LogP contribution in [0.15, 0.2) is 91.0 Å². The van der Waals surface area contributed by atoms with Crippen molar-refractivity contribution in [2.75, 3.05) is 0 Å². The van der Waals surface area contributed by atoms with Crippen molar-refractivity contribution in [1.29, 1.82) is 0 Å². The van der Waals surface area contributed by atoms with Gasteiger partial charge in [-0.2, -0.15) is 0 Å². The summed E-state index contributed by atoms with van der Waals surface area (Å²) in [6, 6.07) is 32.9. The van der Waals surface area contributed by atoms with Gasteiger partial charge in [-0.1, -0.05) is 0 Å². The van der Waals surface area contributed by atoms with Gasteiger partial charge in [0.25, 0.3) is 0 Å². The topological polar surface area (TPSA) is 37.3 Å². The van der Waals surface area contributed by atoms with Crippen LogP contribution < -0.4 is 10.7 Å². The molecule has 167 valence electrons. The molecule has 33 heavy (non-hydrogen) atoms. The van der Waals surface area contributed by atoms with Gasteiger partial charge in [0.15, 0.2) is 23.3 Å². The zero-order valence-electron chi connectivity index (χ0n) is 16.9. The molecule has 8 heteroatoms. The molecule has 0 amide bonds. The average Bonchev–Trinajstić information content (AvgIpc) is 2.84. The first-order valence-corrected chi connectivity index (χ1v) is 13.9. The van der Waals surface area contributed by atoms with E-state index in [0.29, 0.717) is 0 Å². The van der Waals surface area contributed by atoms with E-state index in [1.165, 1.54) is 10.7 Å². The Balaban J connectivity index is 0.000000196. The first-order valence-electron chi connectivity index (χ1n) is 9.60. The van der Waals surface area contributed by atoms with E-state index in [9.17, 15) is 26.7 Å². The van der Waals surface area contributed by atoms with Crippen molar-refractivity contribution in [1.82, 2.24) is 0 Å². The summed E-state index contributed by atoms with van der Waals surface area (Å²) in [5.41, 5.74) is -1.86. The fourth-order valence-electron chi connectivity index (χ4n) is 3.11. The van der Waals surface area contributed by atoms with E-state index in [4.69, 9.17) is 5.11 Å². The van der Waals surface area contributed by atoms with Gasteiger partial charge in [0.1, 0.15) is 5.56 Å². The summed E-state index contributed by atoms with van der Waals surface area (Å²) in [5, 5.41) is 8.15. The summed E-state index contributed by atoms with van der Waals surface area (Å²) in [4.78, 5) is 10.1. The van der Waals surface area contributed by atoms with Gasteiger partial charge in [-0.15, -0.1) is 0 Å². The zero-order valence-corrected chi connectivity index (χ0v) is 19.8. The van der Waals surface area contributed by atoms with Crippen LogP contribution in [0.3, 0.4) is 0 Å². The monoisotopic (exact) mass is 563 g/mol. The summed E-state index contributed by atoms with van der Waals surface area (Å²) < 4.78 is 66.7. The van der Waals surface area contributed by atoms with E-state index < -0.39 is 60.4 Å². The van der Waals surface area contributed by atoms with Crippen molar-refractivity contribution in [2.45, 2.75) is 0 Å². The first-order chi connectivity index (χ1) is 15.8. The molecule has 0 aliphatic rings. The van der Waals surface area contributed by atoms with E-state index in [2.05, 4.69) is 91.0 Å². The molecule has 0 atom stereocenters. The molecule has 0 saturated carbocycles. The normalized spacial score (nSPS) is 10.5. The Morgan fingerprint density at radius 1 is 0.515 bits per heavy atom. The quantitative estimate of drug-likeness (QED) is 0.175. The van der Waals surface area contributed by atoms with Crippen LogP contribution in [-0.2, 0) is 0 Å². The van der Waals surface area contributed by atoms with Gasteiger partial charge in [-0.25, -0.2) is 26.7 Å². The molecule has 0 heterocycles. The maximum absolute atomic E-state index is 12.6. The minimum atomic E-state index is -2.38. The molecule has 0 aromatic heterocycles. The van der Waals surface area contributed by atoms with Gasteiger partial charge < -0.3 is 5.11 Å². The third-order valence-corrected chi connectivity index (χ3v) is 12.4. The van der Waals surface area contributed by atoms with Crippen LogP contribution in [0.25, 0.3) is 0 Å². The van der Waals surface area contributed by atoms with Crippen LogP contribution in [0.5, 0.6) is 0 Å². The maximum atomic E-state index is 12.6. The number of benzene rings is 4. The Morgan fingerprint density at radius 3 is 1.06 bits per heavy atom. The van der Waals surface area contributed by atoms with Crippen molar-refractivity contribution in [3.8, 4) is 0 Å². The van der Waals surface area contributed by atoms with Gasteiger partial charge in [0, 0.05) is 0 Å². The van der Waals surface area contributed by atoms with Crippen LogP contribution in [0, 0.1) is 29.1 Å². The molecule has 4 aromatic rings. The molecule has 1 radical (unpaired) electrons. The molecule has 0 unspecified atom stereocenters. The summed E-state index contributed by atoms with van der Waals surface area (Å²) in [6.45, 7) is 0. The second kappa shape index (κ2) is 11.1. The fourth-order valence-corrected chi connectivity index (χ4v) is 10.5. The standard InChI is InChI=1S/C7HF5O2.3C6H5.Sn/c8-2-1(7(13)14)3(9)5(11)6(12)4(2)10;3*1-2-4-6-5-3-1;/h(H,13,14);3*1-5H;. The predicted molar refractivity (Wildman–Crippen MR) is 117 cm³/mol. The molecule has 4 rings (SSSR count). The minimum absolute atomic E-state index is 1.53. The number of carboxylic acids is 1. The molecule has 0 bridgehead atoms. The predicted octanol–water partition coefficient (Wildman–Crippen LogP) is 4.28. The Kier molecular flexibility index (Phi) is 8.21. The van der Waals surface area contributed by atoms with Crippen molar-refractivity contribution >= 4 is 36.5 Å². The van der Waals surface area contributed by atoms with Crippen molar-refractivity contribution in [3.05, 3.63) is 126 Å². The molecule has 0 saturated heterocycles. The number of hydrogen-bond donors (Lipinski definition) is 1. The number of hydrogen-bond acceptors (Lipinski definition) is 1. The number of rotatable bonds is 4. The van der Waals surface area contributed by atoms with E-state index in [-0.39, 0.29) is 0 Å². The van der Waals surface area contributed by atoms with Gasteiger partial charge in [-0.05, 0) is 0 Å². The van der Waals surface area contributed by atoms with Crippen LogP contribution in [-0.4, -0.2) is 30.8 Å². The van der Waals surface area contributed by atoms with Crippen LogP contribution >= 0.6 is 0 Å². The Labute approximate surface area is 193 Å². The Morgan fingerprint density at radius 2 is 0.788 bits per heavy atom. The molecule has 0 aliphatic carbocycles. The van der Waals surface area contributed by atoms with Crippen LogP contribution in [0.2, 0.25) is 0 Å². The van der Waals surface area contributed by atoms with Gasteiger partial charge in [-0.3, -0.25) is 0 Å². The number of carbonyl (C=O) groups is 1. The van der Waals surface area contributed by atoms with Crippen molar-refractivity contribution in [3.63, 3.8) is 0 Å². The molecule has 0 aliphatic heterocycles. The third kappa shape index (κ3) is 5.60. The van der Waals surface area contributed by atoms with E-state index in [0.717, 1.165) is 0 Å². The zero-order chi connectivity index (χ0) is 24.0. The van der Waals surface area contributed by atoms with E-state index >= 15 is 0 Å². The van der Waals surface area contributed by atoms with Gasteiger partial charge in [0.05, 0.1) is 0 Å². The third-order valence-electron chi connectivity index (χ3n) is 4.61. The van der Waals surface area contributed by atoms with Gasteiger partial charge in [0.2, 0.25) is 5.82 Å². The molecule has 0 fully saturated rings. The molecular formula is C25H16F5O2Sn. The van der Waals surface area contributed by atoms with Crippen molar-refractivity contribution < 1.29 is 31.9 Å². The molecule has 4 aromatic carbocycles. The number of aromatic carboxylic acids is 1. The van der Waals surface area contributed by atoms with Gasteiger partial charge >= 0.3 is 127 Å². The first kappa shape index (κ1) is 24.4. The Hall–Kier alpha value is -3.20. The van der Waals surface area contributed by atoms with E-state index in [1.54, 1.807) is 0 Å². The molecule has 2 nitrogen and oxygen atoms in total. The average molecular weight is 562 g/mol. The van der Waals surface area contributed by atoms with Crippen molar-refractivity contribution in [2.24, 2.45) is 0 Å². The number of halogens is 5. The molecule has 1 N–H and O–H groups in total.